The Hall–Kier alpha value is -1.04. The minimum absolute atomic E-state index is 0.0235. The van der Waals surface area contributed by atoms with Gasteiger partial charge in [0.25, 0.3) is 0 Å². The Labute approximate surface area is 143 Å². The monoisotopic (exact) mass is 333 g/mol. The van der Waals surface area contributed by atoms with Crippen molar-refractivity contribution in [1.29, 1.82) is 0 Å². The maximum atomic E-state index is 12.5. The molecule has 126 valence electrons. The Morgan fingerprint density at radius 3 is 2.70 bits per heavy atom. The molecular formula is C18H27N3OS. The summed E-state index contributed by atoms with van der Waals surface area (Å²) in [5, 5.41) is 3.08. The van der Waals surface area contributed by atoms with Crippen LogP contribution in [0, 0.1) is 6.92 Å². The van der Waals surface area contributed by atoms with Crippen molar-refractivity contribution in [3.05, 3.63) is 29.3 Å². The Balaban J connectivity index is 1.70. The normalized spacial score (nSPS) is 21.3. The fourth-order valence-corrected chi connectivity index (χ4v) is 4.45. The third-order valence-electron chi connectivity index (χ3n) is 5.14. The molecule has 0 spiro atoms. The largest absolute Gasteiger partial charge is 0.324 e. The fourth-order valence-electron chi connectivity index (χ4n) is 3.47. The van der Waals surface area contributed by atoms with Gasteiger partial charge in [0.15, 0.2) is 0 Å². The first kappa shape index (κ1) is 16.8. The number of nitrogens with two attached hydrogens (primary N) is 1. The number of hydrogen-bond acceptors (Lipinski definition) is 4. The second kappa shape index (κ2) is 7.24. The van der Waals surface area contributed by atoms with Crippen LogP contribution in [0.25, 0.3) is 0 Å². The van der Waals surface area contributed by atoms with Gasteiger partial charge in [-0.05, 0) is 37.0 Å². The minimum Gasteiger partial charge on any atom is -0.324 e. The van der Waals surface area contributed by atoms with E-state index in [0.29, 0.717) is 0 Å². The first-order chi connectivity index (χ1) is 11.1. The number of carbonyl (C=O) groups excluding carboxylic acids is 1. The van der Waals surface area contributed by atoms with E-state index in [2.05, 4.69) is 23.2 Å². The average Bonchev–Trinajstić information content (AvgIpc) is 3.00. The van der Waals surface area contributed by atoms with Crippen LogP contribution < -0.4 is 11.1 Å². The molecule has 1 aromatic rings. The van der Waals surface area contributed by atoms with E-state index in [4.69, 9.17) is 5.73 Å². The summed E-state index contributed by atoms with van der Waals surface area (Å²) in [6, 6.07) is 6.19. The highest BCUT2D eigenvalue weighted by atomic mass is 32.2. The van der Waals surface area contributed by atoms with Crippen LogP contribution in [0.3, 0.4) is 0 Å². The van der Waals surface area contributed by atoms with Crippen molar-refractivity contribution in [3.8, 4) is 0 Å². The zero-order valence-corrected chi connectivity index (χ0v) is 14.8. The van der Waals surface area contributed by atoms with E-state index in [0.717, 1.165) is 51.0 Å². The summed E-state index contributed by atoms with van der Waals surface area (Å²) in [4.78, 5) is 15.0. The van der Waals surface area contributed by atoms with E-state index in [1.54, 1.807) is 0 Å². The molecule has 3 N–H and O–H groups in total. The summed E-state index contributed by atoms with van der Waals surface area (Å²) in [5.74, 6) is 2.40. The molecule has 3 rings (SSSR count). The molecule has 0 bridgehead atoms. The molecule has 1 heterocycles. The molecule has 2 fully saturated rings. The van der Waals surface area contributed by atoms with Gasteiger partial charge >= 0.3 is 0 Å². The second-order valence-corrected chi connectivity index (χ2v) is 8.02. The highest BCUT2D eigenvalue weighted by Crippen LogP contribution is 2.29. The van der Waals surface area contributed by atoms with Crippen molar-refractivity contribution < 1.29 is 4.79 Å². The van der Waals surface area contributed by atoms with Crippen molar-refractivity contribution in [2.45, 2.75) is 44.7 Å². The lowest BCUT2D eigenvalue weighted by Crippen LogP contribution is -2.48. The lowest BCUT2D eigenvalue weighted by atomic mass is 9.97. The molecule has 1 aliphatic heterocycles. The Bertz CT molecular complexity index is 563. The summed E-state index contributed by atoms with van der Waals surface area (Å²) in [7, 11) is 0. The van der Waals surface area contributed by atoms with Crippen LogP contribution in [0.5, 0.6) is 0 Å². The van der Waals surface area contributed by atoms with Crippen LogP contribution >= 0.6 is 11.8 Å². The number of rotatable bonds is 4. The number of hydrogen-bond donors (Lipinski definition) is 2. The number of nitrogens with zero attached hydrogens (tertiary/aromatic N) is 1. The van der Waals surface area contributed by atoms with Gasteiger partial charge in [-0.3, -0.25) is 9.69 Å². The third-order valence-corrected chi connectivity index (χ3v) is 6.08. The van der Waals surface area contributed by atoms with Crippen LogP contribution in [0.15, 0.2) is 18.2 Å². The number of anilines is 1. The SMILES string of the molecule is Cc1c(CN2CCSCC2)cccc1NC(=O)C1(N)CCCC1. The molecule has 23 heavy (non-hydrogen) atoms. The molecule has 0 unspecified atom stereocenters. The van der Waals surface area contributed by atoms with E-state index in [1.807, 2.05) is 23.9 Å². The predicted octanol–water partition coefficient (Wildman–Crippen LogP) is 2.75. The van der Waals surface area contributed by atoms with Crippen LogP contribution in [-0.2, 0) is 11.3 Å². The molecule has 0 aromatic heterocycles. The lowest BCUT2D eigenvalue weighted by Gasteiger charge is -2.27. The van der Waals surface area contributed by atoms with Crippen molar-refractivity contribution in [3.63, 3.8) is 0 Å². The van der Waals surface area contributed by atoms with Gasteiger partial charge in [-0.2, -0.15) is 11.8 Å². The van der Waals surface area contributed by atoms with E-state index in [9.17, 15) is 4.79 Å². The second-order valence-electron chi connectivity index (χ2n) is 6.80. The summed E-state index contributed by atoms with van der Waals surface area (Å²) in [6.45, 7) is 5.35. The van der Waals surface area contributed by atoms with Gasteiger partial charge in [-0.15, -0.1) is 0 Å². The quantitative estimate of drug-likeness (QED) is 0.889. The highest BCUT2D eigenvalue weighted by Gasteiger charge is 2.37. The molecule has 0 radical (unpaired) electrons. The van der Waals surface area contributed by atoms with E-state index < -0.39 is 5.54 Å². The van der Waals surface area contributed by atoms with E-state index in [-0.39, 0.29) is 5.91 Å². The third kappa shape index (κ3) is 3.90. The standard InChI is InChI=1S/C18H27N3OS/c1-14-15(13-21-9-11-23-12-10-21)5-4-6-16(14)20-17(22)18(19)7-2-3-8-18/h4-6H,2-3,7-13,19H2,1H3,(H,20,22). The molecular weight excluding hydrogens is 306 g/mol. The van der Waals surface area contributed by atoms with Gasteiger partial charge in [0.2, 0.25) is 5.91 Å². The highest BCUT2D eigenvalue weighted by molar-refractivity contribution is 7.99. The molecule has 1 saturated heterocycles. The molecule has 0 atom stereocenters. The van der Waals surface area contributed by atoms with E-state index in [1.165, 1.54) is 22.6 Å². The summed E-state index contributed by atoms with van der Waals surface area (Å²) in [6.07, 6.45) is 3.69. The Morgan fingerprint density at radius 1 is 1.30 bits per heavy atom. The Morgan fingerprint density at radius 2 is 2.00 bits per heavy atom. The first-order valence-corrected chi connectivity index (χ1v) is 9.73. The summed E-state index contributed by atoms with van der Waals surface area (Å²) >= 11 is 2.03. The number of amides is 1. The number of thioether (sulfide) groups is 1. The molecule has 1 amide bonds. The lowest BCUT2D eigenvalue weighted by molar-refractivity contribution is -0.121. The summed E-state index contributed by atoms with van der Waals surface area (Å²) in [5.41, 5.74) is 8.97. The van der Waals surface area contributed by atoms with Crippen molar-refractivity contribution in [1.82, 2.24) is 4.90 Å². The topological polar surface area (TPSA) is 58.4 Å². The number of nitrogens with one attached hydrogen (secondary N) is 1. The van der Waals surface area contributed by atoms with Gasteiger partial charge in [-0.25, -0.2) is 0 Å². The number of carbonyl (C=O) groups is 1. The molecule has 5 heteroatoms. The van der Waals surface area contributed by atoms with Crippen LogP contribution in [-0.4, -0.2) is 40.9 Å². The Kier molecular flexibility index (Phi) is 5.29. The van der Waals surface area contributed by atoms with Crippen LogP contribution in [0.1, 0.15) is 36.8 Å². The fraction of sp³-hybridized carbons (Fsp3) is 0.611. The van der Waals surface area contributed by atoms with Crippen LogP contribution in [0.2, 0.25) is 0 Å². The predicted molar refractivity (Wildman–Crippen MR) is 97.8 cm³/mol. The van der Waals surface area contributed by atoms with Crippen molar-refractivity contribution >= 4 is 23.4 Å². The molecule has 1 aromatic carbocycles. The van der Waals surface area contributed by atoms with E-state index >= 15 is 0 Å². The van der Waals surface area contributed by atoms with Gasteiger partial charge in [-0.1, -0.05) is 25.0 Å². The molecule has 2 aliphatic rings. The first-order valence-electron chi connectivity index (χ1n) is 8.57. The van der Waals surface area contributed by atoms with Gasteiger partial charge in [0.1, 0.15) is 0 Å². The zero-order valence-electron chi connectivity index (χ0n) is 13.9. The minimum atomic E-state index is -0.674. The van der Waals surface area contributed by atoms with Gasteiger partial charge in [0.05, 0.1) is 5.54 Å². The summed E-state index contributed by atoms with van der Waals surface area (Å²) < 4.78 is 0. The van der Waals surface area contributed by atoms with Crippen molar-refractivity contribution in [2.24, 2.45) is 5.73 Å². The smallest absolute Gasteiger partial charge is 0.244 e. The maximum absolute atomic E-state index is 12.5. The average molecular weight is 334 g/mol. The molecule has 4 nitrogen and oxygen atoms in total. The van der Waals surface area contributed by atoms with Gasteiger partial charge < -0.3 is 11.1 Å². The zero-order chi connectivity index (χ0) is 16.3. The molecule has 1 saturated carbocycles. The number of benzene rings is 1. The molecule has 1 aliphatic carbocycles. The van der Waals surface area contributed by atoms with Crippen LogP contribution in [0.4, 0.5) is 5.69 Å². The maximum Gasteiger partial charge on any atom is 0.244 e. The van der Waals surface area contributed by atoms with Crippen molar-refractivity contribution in [2.75, 3.05) is 29.9 Å². The van der Waals surface area contributed by atoms with Gasteiger partial charge in [0, 0.05) is 36.8 Å².